The van der Waals surface area contributed by atoms with Crippen LogP contribution in [-0.4, -0.2) is 26.1 Å². The molecular formula is C17H14F3N5O. The van der Waals surface area contributed by atoms with Crippen LogP contribution in [0.5, 0.6) is 0 Å². The van der Waals surface area contributed by atoms with Gasteiger partial charge in [0.25, 0.3) is 5.91 Å². The van der Waals surface area contributed by atoms with E-state index in [4.69, 9.17) is 0 Å². The molecule has 1 aromatic heterocycles. The van der Waals surface area contributed by atoms with Crippen LogP contribution in [0.4, 0.5) is 13.2 Å². The zero-order valence-corrected chi connectivity index (χ0v) is 13.6. The summed E-state index contributed by atoms with van der Waals surface area (Å²) >= 11 is 0. The van der Waals surface area contributed by atoms with Crippen LogP contribution in [0.15, 0.2) is 54.9 Å². The van der Waals surface area contributed by atoms with E-state index < -0.39 is 23.7 Å². The number of carbonyl (C=O) groups excluding carboxylic acids is 1. The Balaban J connectivity index is 1.71. The Morgan fingerprint density at radius 3 is 2.50 bits per heavy atom. The minimum atomic E-state index is -4.42. The number of alkyl halides is 3. The number of benzene rings is 2. The van der Waals surface area contributed by atoms with Crippen molar-refractivity contribution >= 4 is 5.91 Å². The molecular weight excluding hydrogens is 347 g/mol. The van der Waals surface area contributed by atoms with Crippen molar-refractivity contribution in [3.05, 3.63) is 71.5 Å². The van der Waals surface area contributed by atoms with E-state index in [-0.39, 0.29) is 0 Å². The molecule has 0 aliphatic heterocycles. The molecule has 1 amide bonds. The molecule has 6 nitrogen and oxygen atoms in total. The van der Waals surface area contributed by atoms with E-state index in [0.717, 1.165) is 12.1 Å². The van der Waals surface area contributed by atoms with Gasteiger partial charge in [-0.1, -0.05) is 12.1 Å². The largest absolute Gasteiger partial charge is 0.416 e. The van der Waals surface area contributed by atoms with E-state index in [0.29, 0.717) is 16.8 Å². The lowest BCUT2D eigenvalue weighted by Gasteiger charge is -2.16. The van der Waals surface area contributed by atoms with E-state index in [9.17, 15) is 18.0 Å². The number of hydrogen-bond acceptors (Lipinski definition) is 4. The van der Waals surface area contributed by atoms with Gasteiger partial charge in [0, 0.05) is 5.56 Å². The van der Waals surface area contributed by atoms with Crippen molar-refractivity contribution in [1.29, 1.82) is 0 Å². The molecule has 0 aliphatic carbocycles. The van der Waals surface area contributed by atoms with E-state index >= 15 is 0 Å². The van der Waals surface area contributed by atoms with Crippen LogP contribution in [0, 0.1) is 0 Å². The summed E-state index contributed by atoms with van der Waals surface area (Å²) in [5.74, 6) is -0.391. The highest BCUT2D eigenvalue weighted by atomic mass is 19.4. The van der Waals surface area contributed by atoms with Crippen LogP contribution in [0.25, 0.3) is 5.69 Å². The lowest BCUT2D eigenvalue weighted by atomic mass is 10.0. The van der Waals surface area contributed by atoms with Gasteiger partial charge in [0.15, 0.2) is 0 Å². The second-order valence-corrected chi connectivity index (χ2v) is 5.62. The standard InChI is InChI=1S/C17H14F3N5O/c1-11(13-3-2-4-14(9-13)17(18,19)20)22-16(26)12-5-7-15(8-6-12)25-10-21-23-24-25/h2-11H,1H3,(H,22,26)/t11-/m1/s1. The smallest absolute Gasteiger partial charge is 0.346 e. The first-order chi connectivity index (χ1) is 12.3. The Hall–Kier alpha value is -3.23. The van der Waals surface area contributed by atoms with Gasteiger partial charge in [0.2, 0.25) is 0 Å². The van der Waals surface area contributed by atoms with Crippen LogP contribution >= 0.6 is 0 Å². The number of halogens is 3. The number of carbonyl (C=O) groups is 1. The van der Waals surface area contributed by atoms with Gasteiger partial charge in [-0.15, -0.1) is 5.10 Å². The SMILES string of the molecule is C[C@@H](NC(=O)c1ccc(-n2cnnn2)cc1)c1cccc(C(F)(F)F)c1. The maximum absolute atomic E-state index is 12.8. The molecule has 3 rings (SSSR count). The number of nitrogens with zero attached hydrogens (tertiary/aromatic N) is 4. The zero-order chi connectivity index (χ0) is 18.7. The number of hydrogen-bond donors (Lipinski definition) is 1. The lowest BCUT2D eigenvalue weighted by molar-refractivity contribution is -0.137. The van der Waals surface area contributed by atoms with Crippen LogP contribution in [0.1, 0.15) is 34.5 Å². The topological polar surface area (TPSA) is 72.7 Å². The maximum Gasteiger partial charge on any atom is 0.416 e. The van der Waals surface area contributed by atoms with Crippen molar-refractivity contribution < 1.29 is 18.0 Å². The molecule has 0 aliphatic rings. The molecule has 1 atom stereocenters. The molecule has 1 heterocycles. The fourth-order valence-corrected chi connectivity index (χ4v) is 2.39. The molecule has 2 aromatic carbocycles. The van der Waals surface area contributed by atoms with Gasteiger partial charge in [0.05, 0.1) is 17.3 Å². The molecule has 26 heavy (non-hydrogen) atoms. The molecule has 3 aromatic rings. The minimum absolute atomic E-state index is 0.374. The van der Waals surface area contributed by atoms with Gasteiger partial charge in [-0.05, 0) is 59.3 Å². The third-order valence-corrected chi connectivity index (χ3v) is 3.80. The molecule has 0 spiro atoms. The highest BCUT2D eigenvalue weighted by molar-refractivity contribution is 5.94. The summed E-state index contributed by atoms with van der Waals surface area (Å²) in [6.45, 7) is 1.63. The Morgan fingerprint density at radius 2 is 1.88 bits per heavy atom. The highest BCUT2D eigenvalue weighted by Gasteiger charge is 2.30. The number of amides is 1. The average molecular weight is 361 g/mol. The van der Waals surface area contributed by atoms with Gasteiger partial charge in [-0.25, -0.2) is 4.68 Å². The summed E-state index contributed by atoms with van der Waals surface area (Å²) in [4.78, 5) is 12.3. The number of aromatic nitrogens is 4. The molecule has 0 fully saturated rings. The predicted molar refractivity (Wildman–Crippen MR) is 86.5 cm³/mol. The third kappa shape index (κ3) is 3.88. The van der Waals surface area contributed by atoms with Crippen molar-refractivity contribution in [2.45, 2.75) is 19.1 Å². The zero-order valence-electron chi connectivity index (χ0n) is 13.6. The van der Waals surface area contributed by atoms with Gasteiger partial charge in [-0.2, -0.15) is 13.2 Å². The summed E-state index contributed by atoms with van der Waals surface area (Å²) in [5, 5.41) is 13.5. The predicted octanol–water partition coefficient (Wildman–Crippen LogP) is 3.17. The fourth-order valence-electron chi connectivity index (χ4n) is 2.39. The van der Waals surface area contributed by atoms with Gasteiger partial charge in [-0.3, -0.25) is 4.79 Å². The van der Waals surface area contributed by atoms with Gasteiger partial charge < -0.3 is 5.32 Å². The van der Waals surface area contributed by atoms with Crippen molar-refractivity contribution in [1.82, 2.24) is 25.5 Å². The summed E-state index contributed by atoms with van der Waals surface area (Å²) < 4.78 is 39.9. The summed E-state index contributed by atoms with van der Waals surface area (Å²) in [6, 6.07) is 10.8. The molecule has 134 valence electrons. The second kappa shape index (κ2) is 6.95. The average Bonchev–Trinajstić information content (AvgIpc) is 3.16. The van der Waals surface area contributed by atoms with Gasteiger partial charge in [0.1, 0.15) is 6.33 Å². The Kier molecular flexibility index (Phi) is 4.70. The third-order valence-electron chi connectivity index (χ3n) is 3.80. The quantitative estimate of drug-likeness (QED) is 0.775. The van der Waals surface area contributed by atoms with Crippen molar-refractivity contribution in [2.24, 2.45) is 0 Å². The number of nitrogens with one attached hydrogen (secondary N) is 1. The number of rotatable bonds is 4. The second-order valence-electron chi connectivity index (χ2n) is 5.62. The van der Waals surface area contributed by atoms with Crippen molar-refractivity contribution in [3.63, 3.8) is 0 Å². The molecule has 0 saturated carbocycles. The molecule has 1 N–H and O–H groups in total. The first-order valence-electron chi connectivity index (χ1n) is 7.66. The first-order valence-corrected chi connectivity index (χ1v) is 7.66. The highest BCUT2D eigenvalue weighted by Crippen LogP contribution is 2.30. The lowest BCUT2D eigenvalue weighted by Crippen LogP contribution is -2.26. The van der Waals surface area contributed by atoms with E-state index in [1.807, 2.05) is 0 Å². The Morgan fingerprint density at radius 1 is 1.15 bits per heavy atom. The van der Waals surface area contributed by atoms with E-state index in [1.165, 1.54) is 17.1 Å². The summed E-state index contributed by atoms with van der Waals surface area (Å²) in [6.07, 6.45) is -3.00. The molecule has 0 radical (unpaired) electrons. The molecule has 0 saturated heterocycles. The summed E-state index contributed by atoms with van der Waals surface area (Å²) in [5.41, 5.74) is 0.679. The maximum atomic E-state index is 12.8. The minimum Gasteiger partial charge on any atom is -0.346 e. The molecule has 9 heteroatoms. The fraction of sp³-hybridized carbons (Fsp3) is 0.176. The normalized spacial score (nSPS) is 12.6. The van der Waals surface area contributed by atoms with E-state index in [2.05, 4.69) is 20.8 Å². The van der Waals surface area contributed by atoms with Crippen LogP contribution in [0.2, 0.25) is 0 Å². The number of tetrazole rings is 1. The first kappa shape index (κ1) is 17.6. The van der Waals surface area contributed by atoms with E-state index in [1.54, 1.807) is 37.3 Å². The van der Waals surface area contributed by atoms with Crippen LogP contribution in [0.3, 0.4) is 0 Å². The molecule has 0 unspecified atom stereocenters. The summed E-state index contributed by atoms with van der Waals surface area (Å²) in [7, 11) is 0. The molecule has 0 bridgehead atoms. The van der Waals surface area contributed by atoms with Crippen LogP contribution < -0.4 is 5.32 Å². The van der Waals surface area contributed by atoms with Crippen LogP contribution in [-0.2, 0) is 6.18 Å². The van der Waals surface area contributed by atoms with Gasteiger partial charge >= 0.3 is 6.18 Å². The van der Waals surface area contributed by atoms with Crippen molar-refractivity contribution in [2.75, 3.05) is 0 Å². The van der Waals surface area contributed by atoms with Crippen molar-refractivity contribution in [3.8, 4) is 5.69 Å². The monoisotopic (exact) mass is 361 g/mol. The Labute approximate surface area is 146 Å². The Bertz CT molecular complexity index is 892.